The van der Waals surface area contributed by atoms with Gasteiger partial charge in [0.15, 0.2) is 5.82 Å². The second-order valence-corrected chi connectivity index (χ2v) is 7.48. The Hall–Kier alpha value is -3.70. The van der Waals surface area contributed by atoms with Crippen LogP contribution in [0.1, 0.15) is 28.4 Å². The molecule has 1 aliphatic heterocycles. The van der Waals surface area contributed by atoms with E-state index in [1.165, 1.54) is 10.9 Å². The number of hydrogen-bond acceptors (Lipinski definition) is 5. The van der Waals surface area contributed by atoms with Crippen molar-refractivity contribution in [1.29, 1.82) is 5.26 Å². The van der Waals surface area contributed by atoms with Crippen LogP contribution in [0.4, 0.5) is 0 Å². The van der Waals surface area contributed by atoms with Crippen LogP contribution >= 0.6 is 0 Å². The molecule has 1 saturated heterocycles. The lowest BCUT2D eigenvalue weighted by molar-refractivity contribution is 0.0708. The van der Waals surface area contributed by atoms with E-state index in [0.717, 1.165) is 17.7 Å². The lowest BCUT2D eigenvalue weighted by atomic mass is 10.0. The van der Waals surface area contributed by atoms with Crippen molar-refractivity contribution in [1.82, 2.24) is 25.0 Å². The number of nitrogens with one attached hydrogen (secondary N) is 2. The number of carbonyl (C=O) groups excluding carboxylic acids is 1. The first-order valence-electron chi connectivity index (χ1n) is 9.78. The van der Waals surface area contributed by atoms with Gasteiger partial charge >= 0.3 is 0 Å². The number of rotatable bonds is 3. The second kappa shape index (κ2) is 7.97. The zero-order valence-corrected chi connectivity index (χ0v) is 16.8. The van der Waals surface area contributed by atoms with E-state index in [1.807, 2.05) is 18.7 Å². The van der Waals surface area contributed by atoms with E-state index in [2.05, 4.69) is 21.5 Å². The molecule has 8 nitrogen and oxygen atoms in total. The van der Waals surface area contributed by atoms with E-state index in [9.17, 15) is 9.59 Å². The van der Waals surface area contributed by atoms with Gasteiger partial charge in [0.05, 0.1) is 22.8 Å². The van der Waals surface area contributed by atoms with Crippen LogP contribution in [0.3, 0.4) is 0 Å². The number of pyridine rings is 1. The Labute approximate surface area is 173 Å². The van der Waals surface area contributed by atoms with Gasteiger partial charge in [-0.05, 0) is 49.2 Å². The van der Waals surface area contributed by atoms with Crippen molar-refractivity contribution in [2.75, 3.05) is 19.6 Å². The highest BCUT2D eigenvalue weighted by Crippen LogP contribution is 2.21. The van der Waals surface area contributed by atoms with Crippen molar-refractivity contribution in [3.63, 3.8) is 0 Å². The molecular weight excluding hydrogens is 380 g/mol. The summed E-state index contributed by atoms with van der Waals surface area (Å²) in [7, 11) is 0. The smallest absolute Gasteiger partial charge is 0.280 e. The van der Waals surface area contributed by atoms with Crippen LogP contribution in [0, 0.1) is 18.3 Å². The molecule has 0 unspecified atom stereocenters. The number of aryl methyl sites for hydroxylation is 1. The summed E-state index contributed by atoms with van der Waals surface area (Å²) in [6.45, 7) is 6.00. The molecule has 0 aliphatic carbocycles. The normalized spacial score (nSPS) is 16.3. The third kappa shape index (κ3) is 3.63. The summed E-state index contributed by atoms with van der Waals surface area (Å²) in [6, 6.07) is 10.9. The van der Waals surface area contributed by atoms with Crippen LogP contribution in [0.15, 0.2) is 47.5 Å². The van der Waals surface area contributed by atoms with Crippen LogP contribution in [0.5, 0.6) is 0 Å². The van der Waals surface area contributed by atoms with Crippen LogP contribution < -0.4 is 10.9 Å². The summed E-state index contributed by atoms with van der Waals surface area (Å²) in [5.74, 6) is 0.345. The Balaban J connectivity index is 1.59. The number of carbonyl (C=O) groups is 1. The molecule has 1 atom stereocenters. The monoisotopic (exact) mass is 402 g/mol. The molecular formula is C22H22N6O2. The molecule has 0 saturated carbocycles. The maximum atomic E-state index is 12.9. The highest BCUT2D eigenvalue weighted by molar-refractivity contribution is 5.94. The number of nitriles is 1. The number of nitrogens with zero attached hydrogens (tertiary/aromatic N) is 4. The number of benzene rings is 1. The van der Waals surface area contributed by atoms with Crippen LogP contribution in [0.25, 0.3) is 16.9 Å². The predicted octanol–water partition coefficient (Wildman–Crippen LogP) is 1.84. The minimum absolute atomic E-state index is 0.0601. The average molecular weight is 402 g/mol. The van der Waals surface area contributed by atoms with Gasteiger partial charge in [-0.3, -0.25) is 14.7 Å². The van der Waals surface area contributed by atoms with Gasteiger partial charge in [0.2, 0.25) is 0 Å². The van der Waals surface area contributed by atoms with Crippen molar-refractivity contribution in [3.05, 3.63) is 69.8 Å². The van der Waals surface area contributed by atoms with Crippen molar-refractivity contribution >= 4 is 5.91 Å². The fraction of sp³-hybridized carbons (Fsp3) is 0.273. The number of aromatic amines is 1. The van der Waals surface area contributed by atoms with Crippen molar-refractivity contribution < 1.29 is 4.79 Å². The molecule has 3 heterocycles. The Bertz CT molecular complexity index is 1190. The van der Waals surface area contributed by atoms with E-state index in [0.29, 0.717) is 35.6 Å². The lowest BCUT2D eigenvalue weighted by Gasteiger charge is -2.31. The number of H-pyrrole nitrogens is 1. The van der Waals surface area contributed by atoms with Gasteiger partial charge in [0.25, 0.3) is 11.5 Å². The molecule has 152 valence electrons. The van der Waals surface area contributed by atoms with E-state index >= 15 is 0 Å². The SMILES string of the molecule is Cc1cc(C#N)ccc1-c1c[nH]n(-c2ccc(C(=O)N3CCN[C@@H](C)C3)cn2)c1=O. The number of piperazine rings is 1. The molecule has 1 amide bonds. The van der Waals surface area contributed by atoms with Crippen molar-refractivity contribution in [3.8, 4) is 23.0 Å². The predicted molar refractivity (Wildman–Crippen MR) is 112 cm³/mol. The van der Waals surface area contributed by atoms with Crippen LogP contribution in [-0.2, 0) is 0 Å². The molecule has 2 aromatic heterocycles. The molecule has 2 N–H and O–H groups in total. The molecule has 8 heteroatoms. The number of amides is 1. The lowest BCUT2D eigenvalue weighted by Crippen LogP contribution is -2.51. The topological polar surface area (TPSA) is 107 Å². The summed E-state index contributed by atoms with van der Waals surface area (Å²) in [5, 5.41) is 15.3. The Kier molecular flexibility index (Phi) is 5.21. The zero-order valence-electron chi connectivity index (χ0n) is 16.8. The number of aromatic nitrogens is 3. The van der Waals surface area contributed by atoms with Crippen molar-refractivity contribution in [2.24, 2.45) is 0 Å². The summed E-state index contributed by atoms with van der Waals surface area (Å²) in [6.07, 6.45) is 3.13. The highest BCUT2D eigenvalue weighted by atomic mass is 16.2. The molecule has 0 radical (unpaired) electrons. The fourth-order valence-corrected chi connectivity index (χ4v) is 3.71. The fourth-order valence-electron chi connectivity index (χ4n) is 3.71. The molecule has 30 heavy (non-hydrogen) atoms. The van der Waals surface area contributed by atoms with Gasteiger partial charge in [0.1, 0.15) is 0 Å². The quantitative estimate of drug-likeness (QED) is 0.695. The molecule has 4 rings (SSSR count). The average Bonchev–Trinajstić information content (AvgIpc) is 3.14. The van der Waals surface area contributed by atoms with Gasteiger partial charge in [-0.25, -0.2) is 9.67 Å². The Morgan fingerprint density at radius 1 is 1.27 bits per heavy atom. The van der Waals surface area contributed by atoms with Gasteiger partial charge in [-0.15, -0.1) is 0 Å². The third-order valence-corrected chi connectivity index (χ3v) is 5.30. The summed E-state index contributed by atoms with van der Waals surface area (Å²) < 4.78 is 1.34. The van der Waals surface area contributed by atoms with Gasteiger partial charge in [-0.2, -0.15) is 5.26 Å². The minimum Gasteiger partial charge on any atom is -0.336 e. The summed E-state index contributed by atoms with van der Waals surface area (Å²) in [5.41, 5.74) is 2.90. The molecule has 3 aromatic rings. The largest absolute Gasteiger partial charge is 0.336 e. The molecule has 1 aromatic carbocycles. The third-order valence-electron chi connectivity index (χ3n) is 5.30. The van der Waals surface area contributed by atoms with Crippen LogP contribution in [-0.4, -0.2) is 51.2 Å². The van der Waals surface area contributed by atoms with E-state index < -0.39 is 0 Å². The van der Waals surface area contributed by atoms with E-state index in [-0.39, 0.29) is 17.5 Å². The maximum Gasteiger partial charge on any atom is 0.280 e. The van der Waals surface area contributed by atoms with Gasteiger partial charge in [0, 0.05) is 38.1 Å². The number of hydrogen-bond donors (Lipinski definition) is 2. The first-order valence-corrected chi connectivity index (χ1v) is 9.78. The summed E-state index contributed by atoms with van der Waals surface area (Å²) in [4.78, 5) is 31.8. The Morgan fingerprint density at radius 3 is 2.77 bits per heavy atom. The molecule has 1 aliphatic rings. The Morgan fingerprint density at radius 2 is 2.10 bits per heavy atom. The highest BCUT2D eigenvalue weighted by Gasteiger charge is 2.22. The van der Waals surface area contributed by atoms with Gasteiger partial charge in [-0.1, -0.05) is 6.07 Å². The van der Waals surface area contributed by atoms with E-state index in [1.54, 1.807) is 36.5 Å². The minimum atomic E-state index is -0.245. The maximum absolute atomic E-state index is 12.9. The summed E-state index contributed by atoms with van der Waals surface area (Å²) >= 11 is 0. The molecule has 0 bridgehead atoms. The standard InChI is InChI=1S/C22H22N6O2/c1-14-9-16(10-23)3-5-18(14)19-12-26-28(22(19)30)20-6-4-17(11-25-20)21(29)27-8-7-24-15(2)13-27/h3-6,9,11-12,15,24,26H,7-8,13H2,1-2H3/t15-/m0/s1. The van der Waals surface area contributed by atoms with E-state index in [4.69, 9.17) is 5.26 Å². The molecule has 1 fully saturated rings. The first kappa shape index (κ1) is 19.6. The second-order valence-electron chi connectivity index (χ2n) is 7.48. The molecule has 0 spiro atoms. The van der Waals surface area contributed by atoms with Gasteiger partial charge < -0.3 is 10.2 Å². The van der Waals surface area contributed by atoms with Crippen LogP contribution in [0.2, 0.25) is 0 Å². The first-order chi connectivity index (χ1) is 14.5. The zero-order chi connectivity index (χ0) is 21.3. The van der Waals surface area contributed by atoms with Crippen molar-refractivity contribution in [2.45, 2.75) is 19.9 Å².